The number of thiazole rings is 1. The molecule has 0 radical (unpaired) electrons. The summed E-state index contributed by atoms with van der Waals surface area (Å²) in [7, 11) is 1.92. The standard InChI is InChI=1S/C5H7BrN2S/c1-7-2-4-3-8-5(6)9-4/h3,7H,2H2,1H3. The molecular formula is C5H7BrN2S. The Kier molecular flexibility index (Phi) is 2.63. The predicted molar refractivity (Wildman–Crippen MR) is 42.6 cm³/mol. The molecule has 0 saturated carbocycles. The summed E-state index contributed by atoms with van der Waals surface area (Å²) in [6.07, 6.45) is 1.87. The van der Waals surface area contributed by atoms with Crippen molar-refractivity contribution >= 4 is 27.3 Å². The van der Waals surface area contributed by atoms with E-state index < -0.39 is 0 Å². The normalized spacial score (nSPS) is 10.0. The quantitative estimate of drug-likeness (QED) is 0.797. The maximum atomic E-state index is 4.03. The molecule has 1 heterocycles. The highest BCUT2D eigenvalue weighted by Gasteiger charge is 1.94. The lowest BCUT2D eigenvalue weighted by molar-refractivity contribution is 0.829. The number of nitrogens with zero attached hydrogens (tertiary/aromatic N) is 1. The van der Waals surface area contributed by atoms with Gasteiger partial charge in [-0.2, -0.15) is 0 Å². The first-order valence-electron chi connectivity index (χ1n) is 2.57. The Labute approximate surface area is 66.4 Å². The van der Waals surface area contributed by atoms with Gasteiger partial charge in [0.25, 0.3) is 0 Å². The van der Waals surface area contributed by atoms with Gasteiger partial charge in [-0.3, -0.25) is 0 Å². The van der Waals surface area contributed by atoms with Gasteiger partial charge in [0.1, 0.15) is 0 Å². The SMILES string of the molecule is CNCc1cnc(Br)s1. The van der Waals surface area contributed by atoms with E-state index in [1.807, 2.05) is 13.2 Å². The first-order valence-corrected chi connectivity index (χ1v) is 4.18. The number of hydrogen-bond donors (Lipinski definition) is 1. The molecule has 1 aromatic heterocycles. The summed E-state index contributed by atoms with van der Waals surface area (Å²) >= 11 is 4.94. The monoisotopic (exact) mass is 206 g/mol. The lowest BCUT2D eigenvalue weighted by atomic mass is 10.5. The molecule has 1 aromatic rings. The Morgan fingerprint density at radius 2 is 2.67 bits per heavy atom. The smallest absolute Gasteiger partial charge is 0.159 e. The second kappa shape index (κ2) is 3.29. The highest BCUT2D eigenvalue weighted by molar-refractivity contribution is 9.11. The molecule has 0 saturated heterocycles. The zero-order chi connectivity index (χ0) is 6.69. The zero-order valence-corrected chi connectivity index (χ0v) is 7.42. The number of aromatic nitrogens is 1. The van der Waals surface area contributed by atoms with Crippen LogP contribution in [0.5, 0.6) is 0 Å². The van der Waals surface area contributed by atoms with Gasteiger partial charge in [0.15, 0.2) is 3.92 Å². The van der Waals surface area contributed by atoms with Crippen molar-refractivity contribution < 1.29 is 0 Å². The van der Waals surface area contributed by atoms with E-state index in [1.165, 1.54) is 4.88 Å². The molecule has 1 N–H and O–H groups in total. The zero-order valence-electron chi connectivity index (χ0n) is 5.02. The molecule has 0 spiro atoms. The summed E-state index contributed by atoms with van der Waals surface area (Å²) in [6.45, 7) is 0.906. The van der Waals surface area contributed by atoms with Gasteiger partial charge in [-0.05, 0) is 23.0 Å². The Balaban J connectivity index is 2.61. The molecule has 50 valence electrons. The first-order chi connectivity index (χ1) is 4.33. The minimum absolute atomic E-state index is 0.906. The highest BCUT2D eigenvalue weighted by Crippen LogP contribution is 2.17. The molecule has 0 aromatic carbocycles. The maximum Gasteiger partial charge on any atom is 0.159 e. The topological polar surface area (TPSA) is 24.9 Å². The Morgan fingerprint density at radius 1 is 1.89 bits per heavy atom. The predicted octanol–water partition coefficient (Wildman–Crippen LogP) is 1.62. The van der Waals surface area contributed by atoms with Crippen LogP contribution in [0, 0.1) is 0 Å². The van der Waals surface area contributed by atoms with Gasteiger partial charge in [0.2, 0.25) is 0 Å². The van der Waals surface area contributed by atoms with Gasteiger partial charge in [0.05, 0.1) is 0 Å². The number of hydrogen-bond acceptors (Lipinski definition) is 3. The second-order valence-electron chi connectivity index (χ2n) is 1.61. The van der Waals surface area contributed by atoms with Crippen LogP contribution in [0.4, 0.5) is 0 Å². The number of rotatable bonds is 2. The van der Waals surface area contributed by atoms with Crippen molar-refractivity contribution in [3.05, 3.63) is 15.0 Å². The molecule has 4 heteroatoms. The van der Waals surface area contributed by atoms with Crippen LogP contribution in [0.3, 0.4) is 0 Å². The third-order valence-electron chi connectivity index (χ3n) is 0.876. The summed E-state index contributed by atoms with van der Waals surface area (Å²) in [5.41, 5.74) is 0. The molecule has 0 fully saturated rings. The van der Waals surface area contributed by atoms with E-state index in [-0.39, 0.29) is 0 Å². The van der Waals surface area contributed by atoms with Crippen LogP contribution in [0.1, 0.15) is 4.88 Å². The van der Waals surface area contributed by atoms with Crippen LogP contribution in [-0.4, -0.2) is 12.0 Å². The van der Waals surface area contributed by atoms with Gasteiger partial charge in [-0.1, -0.05) is 0 Å². The van der Waals surface area contributed by atoms with Crippen LogP contribution in [0.25, 0.3) is 0 Å². The Morgan fingerprint density at radius 3 is 3.11 bits per heavy atom. The Hall–Kier alpha value is 0.0700. The molecule has 0 aliphatic carbocycles. The van der Waals surface area contributed by atoms with E-state index >= 15 is 0 Å². The summed E-state index contributed by atoms with van der Waals surface area (Å²) in [5, 5.41) is 3.05. The molecule has 0 aliphatic rings. The molecule has 2 nitrogen and oxygen atoms in total. The molecule has 0 bridgehead atoms. The fourth-order valence-corrected chi connectivity index (χ4v) is 1.91. The van der Waals surface area contributed by atoms with Crippen molar-refractivity contribution in [2.75, 3.05) is 7.05 Å². The van der Waals surface area contributed by atoms with Crippen LogP contribution in [0.15, 0.2) is 10.1 Å². The minimum Gasteiger partial charge on any atom is -0.315 e. The lowest BCUT2D eigenvalue weighted by Gasteiger charge is -1.88. The first kappa shape index (κ1) is 7.18. The highest BCUT2D eigenvalue weighted by atomic mass is 79.9. The van der Waals surface area contributed by atoms with Crippen LogP contribution < -0.4 is 5.32 Å². The van der Waals surface area contributed by atoms with Crippen molar-refractivity contribution in [1.82, 2.24) is 10.3 Å². The summed E-state index contributed by atoms with van der Waals surface area (Å²) in [5.74, 6) is 0. The van der Waals surface area contributed by atoms with Crippen molar-refractivity contribution in [3.63, 3.8) is 0 Å². The van der Waals surface area contributed by atoms with Crippen LogP contribution in [0.2, 0.25) is 0 Å². The summed E-state index contributed by atoms with van der Waals surface area (Å²) in [6, 6.07) is 0. The largest absolute Gasteiger partial charge is 0.315 e. The van der Waals surface area contributed by atoms with E-state index in [9.17, 15) is 0 Å². The van der Waals surface area contributed by atoms with Gasteiger partial charge < -0.3 is 5.32 Å². The van der Waals surface area contributed by atoms with Gasteiger partial charge >= 0.3 is 0 Å². The number of nitrogens with one attached hydrogen (secondary N) is 1. The van der Waals surface area contributed by atoms with Crippen LogP contribution >= 0.6 is 27.3 Å². The molecule has 1 rings (SSSR count). The van der Waals surface area contributed by atoms with Crippen molar-refractivity contribution in [3.8, 4) is 0 Å². The van der Waals surface area contributed by atoms with E-state index in [0.717, 1.165) is 10.5 Å². The number of halogens is 1. The van der Waals surface area contributed by atoms with E-state index in [4.69, 9.17) is 0 Å². The third-order valence-corrected chi connectivity index (χ3v) is 2.35. The minimum atomic E-state index is 0.906. The van der Waals surface area contributed by atoms with Crippen molar-refractivity contribution in [1.29, 1.82) is 0 Å². The summed E-state index contributed by atoms with van der Waals surface area (Å²) < 4.78 is 0.952. The molecule has 0 atom stereocenters. The van der Waals surface area contributed by atoms with E-state index in [1.54, 1.807) is 11.3 Å². The van der Waals surface area contributed by atoms with Crippen molar-refractivity contribution in [2.45, 2.75) is 6.54 Å². The fourth-order valence-electron chi connectivity index (χ4n) is 0.540. The Bertz CT molecular complexity index is 187. The van der Waals surface area contributed by atoms with E-state index in [0.29, 0.717) is 0 Å². The average molecular weight is 207 g/mol. The fraction of sp³-hybridized carbons (Fsp3) is 0.400. The van der Waals surface area contributed by atoms with Crippen LogP contribution in [-0.2, 0) is 6.54 Å². The molecule has 0 unspecified atom stereocenters. The van der Waals surface area contributed by atoms with Crippen molar-refractivity contribution in [2.24, 2.45) is 0 Å². The molecule has 0 amide bonds. The van der Waals surface area contributed by atoms with E-state index in [2.05, 4.69) is 26.2 Å². The second-order valence-corrected chi connectivity index (χ2v) is 4.00. The molecular weight excluding hydrogens is 200 g/mol. The maximum absolute atomic E-state index is 4.03. The average Bonchev–Trinajstić information content (AvgIpc) is 2.17. The molecule has 9 heavy (non-hydrogen) atoms. The van der Waals surface area contributed by atoms with Gasteiger partial charge in [0, 0.05) is 17.6 Å². The lowest BCUT2D eigenvalue weighted by Crippen LogP contribution is -2.02. The van der Waals surface area contributed by atoms with Gasteiger partial charge in [-0.25, -0.2) is 4.98 Å². The molecule has 0 aliphatic heterocycles. The summed E-state index contributed by atoms with van der Waals surface area (Å²) in [4.78, 5) is 5.28. The third kappa shape index (κ3) is 2.04. The van der Waals surface area contributed by atoms with Gasteiger partial charge in [-0.15, -0.1) is 11.3 Å².